The van der Waals surface area contributed by atoms with E-state index in [4.69, 9.17) is 0 Å². The lowest BCUT2D eigenvalue weighted by atomic mass is 9.64. The van der Waals surface area contributed by atoms with Gasteiger partial charge in [-0.3, -0.25) is 4.79 Å². The van der Waals surface area contributed by atoms with E-state index in [1.165, 1.54) is 0 Å². The molecule has 0 radical (unpaired) electrons. The quantitative estimate of drug-likeness (QED) is 0.607. The van der Waals surface area contributed by atoms with E-state index in [9.17, 15) is 9.18 Å². The largest absolute Gasteiger partial charge is 0.336 e. The minimum atomic E-state index is -0.767. The van der Waals surface area contributed by atoms with Crippen LogP contribution in [-0.4, -0.2) is 30.1 Å². The highest BCUT2D eigenvalue weighted by molar-refractivity contribution is 5.80. The summed E-state index contributed by atoms with van der Waals surface area (Å²) in [4.78, 5) is 13.2. The maximum absolute atomic E-state index is 12.5. The first kappa shape index (κ1) is 8.97. The van der Waals surface area contributed by atoms with Crippen molar-refractivity contribution in [3.05, 3.63) is 0 Å². The summed E-state index contributed by atoms with van der Waals surface area (Å²) in [7, 11) is 0. The number of amides is 1. The first-order valence-corrected chi connectivity index (χ1v) is 4.91. The van der Waals surface area contributed by atoms with E-state index in [1.54, 1.807) is 4.90 Å². The van der Waals surface area contributed by atoms with Gasteiger partial charge in [-0.2, -0.15) is 0 Å². The minimum Gasteiger partial charge on any atom is -0.336 e. The smallest absolute Gasteiger partial charge is 0.225 e. The molecule has 1 amide bonds. The van der Waals surface area contributed by atoms with Gasteiger partial charge in [0.2, 0.25) is 5.91 Å². The molecule has 0 aromatic rings. The highest BCUT2D eigenvalue weighted by atomic mass is 19.1. The molecule has 0 aromatic heterocycles. The third-order valence-corrected chi connectivity index (χ3v) is 3.10. The van der Waals surface area contributed by atoms with Gasteiger partial charge in [-0.1, -0.05) is 13.8 Å². The van der Waals surface area contributed by atoms with Gasteiger partial charge in [0, 0.05) is 5.92 Å². The number of hydrogen-bond donors (Lipinski definition) is 0. The minimum absolute atomic E-state index is 0.174. The topological polar surface area (TPSA) is 20.3 Å². The Morgan fingerprint density at radius 3 is 2.31 bits per heavy atom. The Balaban J connectivity index is 1.80. The molecule has 0 aromatic carbocycles. The van der Waals surface area contributed by atoms with Crippen LogP contribution < -0.4 is 0 Å². The van der Waals surface area contributed by atoms with Crippen LogP contribution in [0.1, 0.15) is 26.7 Å². The van der Waals surface area contributed by atoms with E-state index < -0.39 is 6.17 Å². The third-order valence-electron chi connectivity index (χ3n) is 3.10. The summed E-state index contributed by atoms with van der Waals surface area (Å²) in [6.45, 7) is 5.00. The molecular formula is C10H16FNO. The van der Waals surface area contributed by atoms with Crippen molar-refractivity contribution in [3.63, 3.8) is 0 Å². The predicted molar refractivity (Wildman–Crippen MR) is 48.0 cm³/mol. The fraction of sp³-hybridized carbons (Fsp3) is 0.900. The van der Waals surface area contributed by atoms with E-state index in [0.29, 0.717) is 18.5 Å². The molecule has 0 atom stereocenters. The molecule has 74 valence electrons. The van der Waals surface area contributed by atoms with Crippen molar-refractivity contribution in [1.29, 1.82) is 0 Å². The van der Waals surface area contributed by atoms with E-state index in [0.717, 1.165) is 12.8 Å². The summed E-state index contributed by atoms with van der Waals surface area (Å²) < 4.78 is 12.5. The molecule has 1 heterocycles. The lowest BCUT2D eigenvalue weighted by molar-refractivity contribution is -0.149. The monoisotopic (exact) mass is 185 g/mol. The van der Waals surface area contributed by atoms with Crippen molar-refractivity contribution in [2.75, 3.05) is 13.1 Å². The molecule has 13 heavy (non-hydrogen) atoms. The summed E-state index contributed by atoms with van der Waals surface area (Å²) >= 11 is 0. The fourth-order valence-corrected chi connectivity index (χ4v) is 2.31. The van der Waals surface area contributed by atoms with Gasteiger partial charge in [0.05, 0.1) is 13.1 Å². The molecule has 1 saturated heterocycles. The Hall–Kier alpha value is -0.600. The van der Waals surface area contributed by atoms with E-state index in [-0.39, 0.29) is 11.8 Å². The van der Waals surface area contributed by atoms with E-state index in [1.807, 2.05) is 0 Å². The SMILES string of the molecule is CC1(C)CC(C(=O)N2CC(F)C2)C1. The lowest BCUT2D eigenvalue weighted by Gasteiger charge is -2.46. The van der Waals surface area contributed by atoms with Crippen LogP contribution in [0.2, 0.25) is 0 Å². The Labute approximate surface area is 78.1 Å². The van der Waals surface area contributed by atoms with Gasteiger partial charge in [0.15, 0.2) is 0 Å². The number of hydrogen-bond acceptors (Lipinski definition) is 1. The molecule has 0 unspecified atom stereocenters. The van der Waals surface area contributed by atoms with Crippen molar-refractivity contribution < 1.29 is 9.18 Å². The van der Waals surface area contributed by atoms with Crippen LogP contribution in [-0.2, 0) is 4.79 Å². The Morgan fingerprint density at radius 2 is 1.92 bits per heavy atom. The number of likely N-dealkylation sites (tertiary alicyclic amines) is 1. The number of carbonyl (C=O) groups excluding carboxylic acids is 1. The van der Waals surface area contributed by atoms with Gasteiger partial charge >= 0.3 is 0 Å². The second kappa shape index (κ2) is 2.69. The van der Waals surface area contributed by atoms with Gasteiger partial charge in [-0.15, -0.1) is 0 Å². The van der Waals surface area contributed by atoms with Gasteiger partial charge < -0.3 is 4.90 Å². The van der Waals surface area contributed by atoms with Gasteiger partial charge in [0.1, 0.15) is 6.17 Å². The van der Waals surface area contributed by atoms with Crippen molar-refractivity contribution in [1.82, 2.24) is 4.90 Å². The van der Waals surface area contributed by atoms with Crippen LogP contribution in [0.4, 0.5) is 4.39 Å². The molecule has 2 aliphatic rings. The highest BCUT2D eigenvalue weighted by Crippen LogP contribution is 2.45. The number of carbonyl (C=O) groups is 1. The van der Waals surface area contributed by atoms with Crippen LogP contribution in [0, 0.1) is 11.3 Å². The maximum Gasteiger partial charge on any atom is 0.225 e. The number of rotatable bonds is 1. The summed E-state index contributed by atoms with van der Waals surface area (Å²) in [5.74, 6) is 0.357. The standard InChI is InChI=1S/C10H16FNO/c1-10(2)3-7(4-10)9(13)12-5-8(11)6-12/h7-8H,3-6H2,1-2H3. The molecule has 0 spiro atoms. The zero-order valence-electron chi connectivity index (χ0n) is 8.22. The van der Waals surface area contributed by atoms with E-state index in [2.05, 4.69) is 13.8 Å². The first-order chi connectivity index (χ1) is 5.98. The molecular weight excluding hydrogens is 169 g/mol. The summed E-state index contributed by atoms with van der Waals surface area (Å²) in [5, 5.41) is 0. The van der Waals surface area contributed by atoms with E-state index >= 15 is 0 Å². The average Bonchev–Trinajstić information content (AvgIpc) is 1.92. The lowest BCUT2D eigenvalue weighted by Crippen LogP contribution is -2.55. The molecule has 1 saturated carbocycles. The van der Waals surface area contributed by atoms with Crippen LogP contribution in [0.15, 0.2) is 0 Å². The van der Waals surface area contributed by atoms with Crippen molar-refractivity contribution in [3.8, 4) is 0 Å². The Bertz CT molecular complexity index is 225. The number of halogens is 1. The predicted octanol–water partition coefficient (Wildman–Crippen LogP) is 1.60. The molecule has 1 aliphatic carbocycles. The first-order valence-electron chi connectivity index (χ1n) is 4.91. The van der Waals surface area contributed by atoms with Gasteiger partial charge in [-0.25, -0.2) is 4.39 Å². The molecule has 2 rings (SSSR count). The summed E-state index contributed by atoms with van der Waals surface area (Å²) in [5.41, 5.74) is 0.334. The molecule has 0 bridgehead atoms. The second-order valence-electron chi connectivity index (χ2n) is 5.11. The Morgan fingerprint density at radius 1 is 1.38 bits per heavy atom. The summed E-state index contributed by atoms with van der Waals surface area (Å²) in [6.07, 6.45) is 1.18. The molecule has 0 N–H and O–H groups in total. The van der Waals surface area contributed by atoms with Gasteiger partial charge in [-0.05, 0) is 18.3 Å². The zero-order chi connectivity index (χ0) is 9.64. The van der Waals surface area contributed by atoms with Crippen molar-refractivity contribution >= 4 is 5.91 Å². The van der Waals surface area contributed by atoms with Gasteiger partial charge in [0.25, 0.3) is 0 Å². The molecule has 2 fully saturated rings. The fourth-order valence-electron chi connectivity index (χ4n) is 2.31. The molecule has 3 heteroatoms. The highest BCUT2D eigenvalue weighted by Gasteiger charge is 2.44. The van der Waals surface area contributed by atoms with Crippen molar-refractivity contribution in [2.24, 2.45) is 11.3 Å². The maximum atomic E-state index is 12.5. The summed E-state index contributed by atoms with van der Waals surface area (Å²) in [6, 6.07) is 0. The number of nitrogens with zero attached hydrogens (tertiary/aromatic N) is 1. The second-order valence-corrected chi connectivity index (χ2v) is 5.11. The number of alkyl halides is 1. The molecule has 2 nitrogen and oxygen atoms in total. The molecule has 1 aliphatic heterocycles. The zero-order valence-corrected chi connectivity index (χ0v) is 8.22. The van der Waals surface area contributed by atoms with Crippen molar-refractivity contribution in [2.45, 2.75) is 32.9 Å². The van der Waals surface area contributed by atoms with Crippen LogP contribution >= 0.6 is 0 Å². The Kier molecular flexibility index (Phi) is 1.86. The average molecular weight is 185 g/mol. The van der Waals surface area contributed by atoms with Crippen LogP contribution in [0.5, 0.6) is 0 Å². The van der Waals surface area contributed by atoms with Crippen LogP contribution in [0.3, 0.4) is 0 Å². The third kappa shape index (κ3) is 1.56. The normalized spacial score (nSPS) is 28.1. The van der Waals surface area contributed by atoms with Crippen LogP contribution in [0.25, 0.3) is 0 Å².